The Morgan fingerprint density at radius 2 is 2.28 bits per heavy atom. The first-order valence-corrected chi connectivity index (χ1v) is 6.23. The lowest BCUT2D eigenvalue weighted by atomic mass is 10.2. The van der Waals surface area contributed by atoms with Crippen LogP contribution in [0.1, 0.15) is 31.6 Å². The van der Waals surface area contributed by atoms with E-state index in [1.165, 1.54) is 0 Å². The van der Waals surface area contributed by atoms with Crippen molar-refractivity contribution in [2.24, 2.45) is 0 Å². The Balaban J connectivity index is 2.46. The van der Waals surface area contributed by atoms with Gasteiger partial charge >= 0.3 is 0 Å². The maximum Gasteiger partial charge on any atom is 0.261 e. The number of ether oxygens (including phenoxy) is 1. The maximum absolute atomic E-state index is 11.9. The summed E-state index contributed by atoms with van der Waals surface area (Å²) < 4.78 is 30.8. The first-order valence-electron chi connectivity index (χ1n) is 6.23. The van der Waals surface area contributed by atoms with E-state index < -0.39 is 13.0 Å². The van der Waals surface area contributed by atoms with Gasteiger partial charge in [0.1, 0.15) is 12.4 Å². The van der Waals surface area contributed by atoms with Crippen LogP contribution in [0.5, 0.6) is 0 Å². The number of halogens is 2. The summed E-state index contributed by atoms with van der Waals surface area (Å²) in [6, 6.07) is 0.0317. The van der Waals surface area contributed by atoms with Crippen LogP contribution in [-0.2, 0) is 11.3 Å². The van der Waals surface area contributed by atoms with Gasteiger partial charge in [0.2, 0.25) is 0 Å². The van der Waals surface area contributed by atoms with Crippen LogP contribution in [0.25, 0.3) is 0 Å². The molecule has 0 saturated carbocycles. The third-order valence-corrected chi connectivity index (χ3v) is 2.67. The van der Waals surface area contributed by atoms with E-state index in [-0.39, 0.29) is 6.04 Å². The molecule has 1 atom stereocenters. The predicted molar refractivity (Wildman–Crippen MR) is 65.8 cm³/mol. The van der Waals surface area contributed by atoms with Crippen molar-refractivity contribution in [1.29, 1.82) is 0 Å². The minimum absolute atomic E-state index is 0.0317. The molecule has 0 saturated heterocycles. The molecule has 0 aliphatic carbocycles. The molecule has 1 aromatic heterocycles. The Morgan fingerprint density at radius 3 is 2.89 bits per heavy atom. The lowest BCUT2D eigenvalue weighted by molar-refractivity contribution is 0.0142. The average molecular weight is 261 g/mol. The summed E-state index contributed by atoms with van der Waals surface area (Å²) in [5.41, 5.74) is 0. The number of aryl methyl sites for hydroxylation is 1. The van der Waals surface area contributed by atoms with Crippen LogP contribution in [0.2, 0.25) is 0 Å². The molecule has 18 heavy (non-hydrogen) atoms. The first-order chi connectivity index (χ1) is 8.69. The SMILES string of the molecule is CCCn1ccnc1C(CCOCC(F)F)NC. The zero-order valence-corrected chi connectivity index (χ0v) is 10.9. The fraction of sp³-hybridized carbons (Fsp3) is 0.750. The van der Waals surface area contributed by atoms with E-state index >= 15 is 0 Å². The Morgan fingerprint density at radius 1 is 1.50 bits per heavy atom. The molecule has 0 fully saturated rings. The molecule has 0 aromatic carbocycles. The van der Waals surface area contributed by atoms with Crippen molar-refractivity contribution in [1.82, 2.24) is 14.9 Å². The van der Waals surface area contributed by atoms with Crippen molar-refractivity contribution in [3.05, 3.63) is 18.2 Å². The Labute approximate surface area is 106 Å². The maximum atomic E-state index is 11.9. The standard InChI is InChI=1S/C12H21F2N3O/c1-3-6-17-7-5-16-12(17)10(15-2)4-8-18-9-11(13)14/h5,7,10-11,15H,3-4,6,8-9H2,1-2H3. The lowest BCUT2D eigenvalue weighted by Gasteiger charge is -2.17. The van der Waals surface area contributed by atoms with Gasteiger partial charge in [-0.3, -0.25) is 0 Å². The second kappa shape index (κ2) is 8.16. The normalized spacial score (nSPS) is 13.2. The summed E-state index contributed by atoms with van der Waals surface area (Å²) in [6.45, 7) is 2.81. The number of nitrogens with zero attached hydrogens (tertiary/aromatic N) is 2. The average Bonchev–Trinajstić information content (AvgIpc) is 2.78. The zero-order valence-electron chi connectivity index (χ0n) is 10.9. The lowest BCUT2D eigenvalue weighted by Crippen LogP contribution is -2.23. The smallest absolute Gasteiger partial charge is 0.261 e. The van der Waals surface area contributed by atoms with Gasteiger partial charge in [-0.1, -0.05) is 6.92 Å². The minimum atomic E-state index is -2.40. The van der Waals surface area contributed by atoms with Gasteiger partial charge in [-0.05, 0) is 19.9 Å². The van der Waals surface area contributed by atoms with Gasteiger partial charge < -0.3 is 14.6 Å². The quantitative estimate of drug-likeness (QED) is 0.693. The van der Waals surface area contributed by atoms with Crippen molar-refractivity contribution < 1.29 is 13.5 Å². The van der Waals surface area contributed by atoms with Gasteiger partial charge in [-0.15, -0.1) is 0 Å². The fourth-order valence-corrected chi connectivity index (χ4v) is 1.84. The van der Waals surface area contributed by atoms with Crippen molar-refractivity contribution in [3.8, 4) is 0 Å². The molecule has 0 amide bonds. The van der Waals surface area contributed by atoms with Crippen LogP contribution in [-0.4, -0.2) is 36.2 Å². The highest BCUT2D eigenvalue weighted by Gasteiger charge is 2.15. The number of nitrogens with one attached hydrogen (secondary N) is 1. The van der Waals surface area contributed by atoms with E-state index in [0.29, 0.717) is 13.0 Å². The number of imidazole rings is 1. The van der Waals surface area contributed by atoms with Crippen molar-refractivity contribution in [3.63, 3.8) is 0 Å². The molecule has 0 bridgehead atoms. The van der Waals surface area contributed by atoms with E-state index in [2.05, 4.69) is 21.8 Å². The molecular weight excluding hydrogens is 240 g/mol. The fourth-order valence-electron chi connectivity index (χ4n) is 1.84. The van der Waals surface area contributed by atoms with Crippen LogP contribution >= 0.6 is 0 Å². The van der Waals surface area contributed by atoms with Crippen LogP contribution in [0.3, 0.4) is 0 Å². The van der Waals surface area contributed by atoms with Gasteiger partial charge in [0.25, 0.3) is 6.43 Å². The molecule has 0 spiro atoms. The molecule has 1 heterocycles. The third-order valence-electron chi connectivity index (χ3n) is 2.67. The summed E-state index contributed by atoms with van der Waals surface area (Å²) in [7, 11) is 1.84. The summed E-state index contributed by atoms with van der Waals surface area (Å²) >= 11 is 0. The van der Waals surface area contributed by atoms with Crippen molar-refractivity contribution in [2.75, 3.05) is 20.3 Å². The van der Waals surface area contributed by atoms with Crippen LogP contribution < -0.4 is 5.32 Å². The third kappa shape index (κ3) is 4.70. The minimum Gasteiger partial charge on any atom is -0.375 e. The van der Waals surface area contributed by atoms with Gasteiger partial charge in [0, 0.05) is 25.5 Å². The Hall–Kier alpha value is -1.01. The van der Waals surface area contributed by atoms with Gasteiger partial charge in [-0.25, -0.2) is 13.8 Å². The van der Waals surface area contributed by atoms with Gasteiger partial charge in [-0.2, -0.15) is 0 Å². The number of aromatic nitrogens is 2. The molecule has 0 aliphatic rings. The van der Waals surface area contributed by atoms with Crippen LogP contribution in [0.15, 0.2) is 12.4 Å². The Bertz CT molecular complexity index is 331. The monoisotopic (exact) mass is 261 g/mol. The first kappa shape index (κ1) is 15.0. The highest BCUT2D eigenvalue weighted by molar-refractivity contribution is 4.99. The second-order valence-electron chi connectivity index (χ2n) is 4.07. The van der Waals surface area contributed by atoms with Crippen molar-refractivity contribution >= 4 is 0 Å². The summed E-state index contributed by atoms with van der Waals surface area (Å²) in [4.78, 5) is 4.32. The molecule has 1 aromatic rings. The topological polar surface area (TPSA) is 39.1 Å². The highest BCUT2D eigenvalue weighted by atomic mass is 19.3. The molecule has 6 heteroatoms. The van der Waals surface area contributed by atoms with E-state index in [1.54, 1.807) is 6.20 Å². The van der Waals surface area contributed by atoms with Crippen molar-refractivity contribution in [2.45, 2.75) is 38.8 Å². The van der Waals surface area contributed by atoms with E-state index in [9.17, 15) is 8.78 Å². The van der Waals surface area contributed by atoms with Crippen LogP contribution in [0.4, 0.5) is 8.78 Å². The van der Waals surface area contributed by atoms with Gasteiger partial charge in [0.05, 0.1) is 6.04 Å². The molecule has 104 valence electrons. The summed E-state index contributed by atoms with van der Waals surface area (Å²) in [6.07, 6.45) is 2.95. The molecule has 0 aliphatic heterocycles. The largest absolute Gasteiger partial charge is 0.375 e. The number of hydrogen-bond acceptors (Lipinski definition) is 3. The molecular formula is C12H21F2N3O. The highest BCUT2D eigenvalue weighted by Crippen LogP contribution is 2.15. The van der Waals surface area contributed by atoms with E-state index in [4.69, 9.17) is 4.74 Å². The second-order valence-corrected chi connectivity index (χ2v) is 4.07. The van der Waals surface area contributed by atoms with Crippen LogP contribution in [0, 0.1) is 0 Å². The summed E-state index contributed by atoms with van der Waals surface area (Å²) in [5.74, 6) is 0.931. The van der Waals surface area contributed by atoms with E-state index in [1.807, 2.05) is 13.2 Å². The predicted octanol–water partition coefficient (Wildman–Crippen LogP) is 2.23. The Kier molecular flexibility index (Phi) is 6.82. The zero-order chi connectivity index (χ0) is 13.4. The number of rotatable bonds is 9. The van der Waals surface area contributed by atoms with E-state index in [0.717, 1.165) is 18.8 Å². The summed E-state index contributed by atoms with van der Waals surface area (Å²) in [5, 5.41) is 3.14. The molecule has 1 unspecified atom stereocenters. The number of hydrogen-bond donors (Lipinski definition) is 1. The van der Waals surface area contributed by atoms with Gasteiger partial charge in [0.15, 0.2) is 0 Å². The number of alkyl halides is 2. The molecule has 4 nitrogen and oxygen atoms in total. The molecule has 0 radical (unpaired) electrons. The molecule has 1 rings (SSSR count). The molecule has 1 N–H and O–H groups in total.